The number of carboxylic acids is 1. The number of hydrogen-bond acceptors (Lipinski definition) is 5. The summed E-state index contributed by atoms with van der Waals surface area (Å²) in [5.74, 6) is -1.08. The van der Waals surface area contributed by atoms with Crippen molar-refractivity contribution in [2.75, 3.05) is 6.54 Å². The molecule has 0 saturated carbocycles. The van der Waals surface area contributed by atoms with Crippen molar-refractivity contribution in [2.24, 2.45) is 12.8 Å². The fourth-order valence-electron chi connectivity index (χ4n) is 2.06. The van der Waals surface area contributed by atoms with Crippen molar-refractivity contribution in [3.8, 4) is 0 Å². The third-order valence-corrected chi connectivity index (χ3v) is 3.12. The van der Waals surface area contributed by atoms with Crippen molar-refractivity contribution in [1.29, 1.82) is 0 Å². The lowest BCUT2D eigenvalue weighted by molar-refractivity contribution is 0.0689. The summed E-state index contributed by atoms with van der Waals surface area (Å²) in [7, 11) is 1.85. The van der Waals surface area contributed by atoms with Gasteiger partial charge in [0.25, 0.3) is 0 Å². The van der Waals surface area contributed by atoms with Gasteiger partial charge < -0.3 is 10.8 Å². The Kier molecular flexibility index (Phi) is 4.14. The highest BCUT2D eigenvalue weighted by atomic mass is 16.4. The van der Waals surface area contributed by atoms with E-state index < -0.39 is 5.97 Å². The molecule has 2 rings (SSSR count). The van der Waals surface area contributed by atoms with Gasteiger partial charge in [-0.3, -0.25) is 4.68 Å². The van der Waals surface area contributed by atoms with Crippen LogP contribution in [0.4, 0.5) is 0 Å². The van der Waals surface area contributed by atoms with E-state index in [0.717, 1.165) is 17.8 Å². The molecule has 0 spiro atoms. The average molecular weight is 278 g/mol. The van der Waals surface area contributed by atoms with Crippen LogP contribution in [0, 0.1) is 0 Å². The summed E-state index contributed by atoms with van der Waals surface area (Å²) in [6, 6.07) is 1.98. The number of carboxylic acid groups (broad SMARTS) is 1. The number of nitrogens with two attached hydrogens (primary N) is 1. The van der Waals surface area contributed by atoms with Crippen LogP contribution >= 0.6 is 0 Å². The molecular weight excluding hydrogens is 260 g/mol. The number of rotatable bonds is 6. The molecule has 20 heavy (non-hydrogen) atoms. The van der Waals surface area contributed by atoms with Crippen molar-refractivity contribution in [3.63, 3.8) is 0 Å². The van der Waals surface area contributed by atoms with Crippen LogP contribution in [0.3, 0.4) is 0 Å². The molecule has 0 saturated heterocycles. The summed E-state index contributed by atoms with van der Waals surface area (Å²) in [5, 5.41) is 21.1. The number of nitrogens with zero attached hydrogens (tertiary/aromatic N) is 5. The lowest BCUT2D eigenvalue weighted by Crippen LogP contribution is -2.15. The van der Waals surface area contributed by atoms with Gasteiger partial charge in [-0.1, -0.05) is 12.1 Å². The predicted octanol–water partition coefficient (Wildman–Crippen LogP) is -0.178. The Labute approximate surface area is 116 Å². The van der Waals surface area contributed by atoms with Gasteiger partial charge >= 0.3 is 5.97 Å². The van der Waals surface area contributed by atoms with Gasteiger partial charge in [-0.05, 0) is 19.0 Å². The molecular formula is C12H18N6O2. The first-order valence-corrected chi connectivity index (χ1v) is 6.44. The smallest absolute Gasteiger partial charge is 0.358 e. The van der Waals surface area contributed by atoms with Gasteiger partial charge in [-0.15, -0.1) is 5.10 Å². The first kappa shape index (κ1) is 14.2. The number of aromatic carboxylic acids is 1. The number of aryl methyl sites for hydroxylation is 2. The first-order chi connectivity index (χ1) is 9.56. The minimum atomic E-state index is -1.08. The van der Waals surface area contributed by atoms with E-state index in [-0.39, 0.29) is 5.69 Å². The van der Waals surface area contributed by atoms with Crippen molar-refractivity contribution in [1.82, 2.24) is 24.8 Å². The van der Waals surface area contributed by atoms with Crippen LogP contribution in [-0.4, -0.2) is 42.4 Å². The maximum absolute atomic E-state index is 11.1. The molecule has 0 aliphatic rings. The van der Waals surface area contributed by atoms with E-state index in [0.29, 0.717) is 25.2 Å². The summed E-state index contributed by atoms with van der Waals surface area (Å²) in [6.07, 6.45) is 1.27. The standard InChI is InChI=1S/C12H18N6O2/c1-3-8-6-9(17(2)15-8)7-18-10(4-5-13)11(12(19)20)14-16-18/h6H,3-5,7,13H2,1-2H3,(H,19,20). The molecule has 0 radical (unpaired) electrons. The molecule has 0 aromatic carbocycles. The summed E-state index contributed by atoms with van der Waals surface area (Å²) in [6.45, 7) is 2.81. The van der Waals surface area contributed by atoms with E-state index in [9.17, 15) is 4.79 Å². The predicted molar refractivity (Wildman–Crippen MR) is 71.4 cm³/mol. The molecule has 0 aliphatic carbocycles. The molecule has 0 aliphatic heterocycles. The van der Waals surface area contributed by atoms with E-state index >= 15 is 0 Å². The van der Waals surface area contributed by atoms with Gasteiger partial charge in [0.2, 0.25) is 0 Å². The molecule has 0 unspecified atom stereocenters. The molecule has 0 fully saturated rings. The molecule has 8 heteroatoms. The van der Waals surface area contributed by atoms with Gasteiger partial charge in [0, 0.05) is 13.5 Å². The van der Waals surface area contributed by atoms with Crippen molar-refractivity contribution >= 4 is 5.97 Å². The molecule has 8 nitrogen and oxygen atoms in total. The molecule has 2 aromatic rings. The minimum absolute atomic E-state index is 0.0340. The molecule has 3 N–H and O–H groups in total. The summed E-state index contributed by atoms with van der Waals surface area (Å²) < 4.78 is 3.35. The van der Waals surface area contributed by atoms with Crippen LogP contribution in [0.15, 0.2) is 6.07 Å². The third kappa shape index (κ3) is 2.69. The van der Waals surface area contributed by atoms with Gasteiger partial charge in [0.1, 0.15) is 0 Å². The monoisotopic (exact) mass is 278 g/mol. The Balaban J connectivity index is 2.32. The highest BCUT2D eigenvalue weighted by molar-refractivity contribution is 5.86. The molecule has 2 heterocycles. The van der Waals surface area contributed by atoms with E-state index in [4.69, 9.17) is 10.8 Å². The second kappa shape index (κ2) is 5.83. The van der Waals surface area contributed by atoms with Gasteiger partial charge in [-0.25, -0.2) is 9.48 Å². The Morgan fingerprint density at radius 3 is 2.80 bits per heavy atom. The molecule has 0 bridgehead atoms. The number of hydrogen-bond donors (Lipinski definition) is 2. The second-order valence-electron chi connectivity index (χ2n) is 4.49. The minimum Gasteiger partial charge on any atom is -0.476 e. The molecule has 108 valence electrons. The number of aromatic nitrogens is 5. The molecule has 0 amide bonds. The quantitative estimate of drug-likeness (QED) is 0.758. The zero-order valence-electron chi connectivity index (χ0n) is 11.6. The Morgan fingerprint density at radius 2 is 2.25 bits per heavy atom. The van der Waals surface area contributed by atoms with Crippen LogP contribution in [0.25, 0.3) is 0 Å². The van der Waals surface area contributed by atoms with E-state index in [2.05, 4.69) is 15.4 Å². The van der Waals surface area contributed by atoms with Crippen LogP contribution in [0.2, 0.25) is 0 Å². The molecule has 0 atom stereocenters. The van der Waals surface area contributed by atoms with E-state index in [1.807, 2.05) is 20.0 Å². The summed E-state index contributed by atoms with van der Waals surface area (Å²) in [5.41, 5.74) is 7.97. The van der Waals surface area contributed by atoms with Crippen molar-refractivity contribution < 1.29 is 9.90 Å². The lowest BCUT2D eigenvalue weighted by Gasteiger charge is -2.06. The third-order valence-electron chi connectivity index (χ3n) is 3.12. The summed E-state index contributed by atoms with van der Waals surface area (Å²) in [4.78, 5) is 11.1. The van der Waals surface area contributed by atoms with Crippen molar-refractivity contribution in [3.05, 3.63) is 28.8 Å². The van der Waals surface area contributed by atoms with Crippen molar-refractivity contribution in [2.45, 2.75) is 26.3 Å². The lowest BCUT2D eigenvalue weighted by atomic mass is 10.2. The first-order valence-electron chi connectivity index (χ1n) is 6.44. The van der Waals surface area contributed by atoms with Gasteiger partial charge in [-0.2, -0.15) is 5.10 Å². The SMILES string of the molecule is CCc1cc(Cn2nnc(C(=O)O)c2CCN)n(C)n1. The fourth-order valence-corrected chi connectivity index (χ4v) is 2.06. The maximum atomic E-state index is 11.1. The van der Waals surface area contributed by atoms with Crippen LogP contribution in [0.1, 0.15) is 34.5 Å². The maximum Gasteiger partial charge on any atom is 0.358 e. The summed E-state index contributed by atoms with van der Waals surface area (Å²) >= 11 is 0. The Morgan fingerprint density at radius 1 is 1.50 bits per heavy atom. The Hall–Kier alpha value is -2.22. The zero-order chi connectivity index (χ0) is 14.7. The zero-order valence-corrected chi connectivity index (χ0v) is 11.6. The average Bonchev–Trinajstić information content (AvgIpc) is 2.96. The van der Waals surface area contributed by atoms with E-state index in [1.54, 1.807) is 9.36 Å². The molecule has 2 aromatic heterocycles. The van der Waals surface area contributed by atoms with Crippen LogP contribution in [0.5, 0.6) is 0 Å². The van der Waals surface area contributed by atoms with E-state index in [1.165, 1.54) is 0 Å². The highest BCUT2D eigenvalue weighted by Gasteiger charge is 2.19. The fraction of sp³-hybridized carbons (Fsp3) is 0.500. The number of carbonyl (C=O) groups is 1. The van der Waals surface area contributed by atoms with Gasteiger partial charge in [0.05, 0.1) is 23.6 Å². The topological polar surface area (TPSA) is 112 Å². The van der Waals surface area contributed by atoms with Crippen LogP contribution in [-0.2, 0) is 26.4 Å². The highest BCUT2D eigenvalue weighted by Crippen LogP contribution is 2.11. The Bertz CT molecular complexity index is 615. The second-order valence-corrected chi connectivity index (χ2v) is 4.49. The normalized spacial score (nSPS) is 10.9. The largest absolute Gasteiger partial charge is 0.476 e. The van der Waals surface area contributed by atoms with Crippen LogP contribution < -0.4 is 5.73 Å². The van der Waals surface area contributed by atoms with Gasteiger partial charge in [0.15, 0.2) is 5.69 Å².